The van der Waals surface area contributed by atoms with Crippen molar-refractivity contribution in [2.75, 3.05) is 13.1 Å². The summed E-state index contributed by atoms with van der Waals surface area (Å²) in [5.41, 5.74) is 1.26. The van der Waals surface area contributed by atoms with Crippen LogP contribution in [0.3, 0.4) is 0 Å². The summed E-state index contributed by atoms with van der Waals surface area (Å²) in [4.78, 5) is 25.8. The van der Waals surface area contributed by atoms with E-state index in [0.717, 1.165) is 38.8 Å². The van der Waals surface area contributed by atoms with Crippen LogP contribution in [0.2, 0.25) is 0 Å². The van der Waals surface area contributed by atoms with Crippen molar-refractivity contribution in [3.63, 3.8) is 0 Å². The zero-order valence-corrected chi connectivity index (χ0v) is 16.1. The number of nitrogens with zero attached hydrogens (tertiary/aromatic N) is 1. The van der Waals surface area contributed by atoms with E-state index in [1.807, 2.05) is 6.07 Å². The molecule has 148 valence electrons. The summed E-state index contributed by atoms with van der Waals surface area (Å²) < 4.78 is 0. The average molecular weight is 373 g/mol. The van der Waals surface area contributed by atoms with Crippen LogP contribution in [0.4, 0.5) is 4.79 Å². The summed E-state index contributed by atoms with van der Waals surface area (Å²) >= 11 is 0. The first-order valence-electron chi connectivity index (χ1n) is 10.0. The Morgan fingerprint density at radius 3 is 2.56 bits per heavy atom. The second-order valence-corrected chi connectivity index (χ2v) is 8.22. The van der Waals surface area contributed by atoms with Gasteiger partial charge in [0.2, 0.25) is 0 Å². The Morgan fingerprint density at radius 1 is 1.19 bits per heavy atom. The maximum absolute atomic E-state index is 12.3. The fourth-order valence-corrected chi connectivity index (χ4v) is 4.34. The number of hydrogen-bond donors (Lipinski definition) is 3. The van der Waals surface area contributed by atoms with Crippen molar-refractivity contribution < 1.29 is 14.7 Å². The van der Waals surface area contributed by atoms with Crippen molar-refractivity contribution in [2.24, 2.45) is 5.92 Å². The third-order valence-corrected chi connectivity index (χ3v) is 6.16. The molecule has 0 aromatic heterocycles. The minimum atomic E-state index is -0.717. The summed E-state index contributed by atoms with van der Waals surface area (Å²) in [6.45, 7) is 4.80. The molecule has 1 atom stereocenters. The van der Waals surface area contributed by atoms with Crippen molar-refractivity contribution in [2.45, 2.75) is 63.6 Å². The maximum Gasteiger partial charge on any atom is 0.315 e. The van der Waals surface area contributed by atoms with Gasteiger partial charge in [0.15, 0.2) is 0 Å². The number of carboxylic acids is 1. The van der Waals surface area contributed by atoms with Crippen LogP contribution in [0, 0.1) is 5.92 Å². The predicted molar refractivity (Wildman–Crippen MR) is 104 cm³/mol. The van der Waals surface area contributed by atoms with Gasteiger partial charge in [-0.25, -0.2) is 4.79 Å². The van der Waals surface area contributed by atoms with Gasteiger partial charge in [-0.1, -0.05) is 30.3 Å². The van der Waals surface area contributed by atoms with Gasteiger partial charge in [0.05, 0.1) is 5.92 Å². The van der Waals surface area contributed by atoms with Gasteiger partial charge in [-0.05, 0) is 57.6 Å². The second kappa shape index (κ2) is 8.74. The van der Waals surface area contributed by atoms with Crippen LogP contribution in [-0.2, 0) is 11.3 Å². The summed E-state index contributed by atoms with van der Waals surface area (Å²) in [6, 6.07) is 10.4. The molecule has 1 aromatic rings. The molecule has 2 amide bonds. The minimum Gasteiger partial charge on any atom is -0.481 e. The Bertz CT molecular complexity index is 643. The highest BCUT2D eigenvalue weighted by Gasteiger charge is 2.36. The van der Waals surface area contributed by atoms with Gasteiger partial charge in [0.25, 0.3) is 0 Å². The molecule has 1 saturated carbocycles. The fraction of sp³-hybridized carbons (Fsp3) is 0.619. The van der Waals surface area contributed by atoms with E-state index in [4.69, 9.17) is 5.11 Å². The molecule has 2 aliphatic rings. The van der Waals surface area contributed by atoms with Crippen molar-refractivity contribution in [1.82, 2.24) is 15.5 Å². The highest BCUT2D eigenvalue weighted by Crippen LogP contribution is 2.30. The molecule has 0 bridgehead atoms. The number of likely N-dealkylation sites (tertiary alicyclic amines) is 1. The first-order valence-corrected chi connectivity index (χ1v) is 10.0. The van der Waals surface area contributed by atoms with E-state index >= 15 is 0 Å². The Labute approximate surface area is 161 Å². The number of carbonyl (C=O) groups is 2. The lowest BCUT2D eigenvalue weighted by Gasteiger charge is -2.36. The summed E-state index contributed by atoms with van der Waals surface area (Å²) in [6.07, 6.45) is 4.98. The number of nitrogens with one attached hydrogen (secondary N) is 2. The van der Waals surface area contributed by atoms with E-state index in [-0.39, 0.29) is 23.5 Å². The standard InChI is InChI=1S/C21H31N3O3/c1-21(12-5-13-24(21)14-16-6-3-2-4-7-16)15-22-20(27)23-18-10-8-17(9-11-18)19(25)26/h2-4,6-7,17-18H,5,8-15H2,1H3,(H,25,26)(H2,22,23,27). The largest absolute Gasteiger partial charge is 0.481 e. The molecule has 1 heterocycles. The molecule has 1 saturated heterocycles. The molecule has 0 radical (unpaired) electrons. The van der Waals surface area contributed by atoms with Crippen LogP contribution in [0.25, 0.3) is 0 Å². The first-order chi connectivity index (χ1) is 13.0. The monoisotopic (exact) mass is 373 g/mol. The molecule has 6 heteroatoms. The smallest absolute Gasteiger partial charge is 0.315 e. The van der Waals surface area contributed by atoms with Gasteiger partial charge in [-0.2, -0.15) is 0 Å². The number of amides is 2. The van der Waals surface area contributed by atoms with Gasteiger partial charge in [0, 0.05) is 24.7 Å². The Morgan fingerprint density at radius 2 is 1.89 bits per heavy atom. The number of urea groups is 1. The Kier molecular flexibility index (Phi) is 6.37. The van der Waals surface area contributed by atoms with Crippen LogP contribution in [0.5, 0.6) is 0 Å². The average Bonchev–Trinajstić information content (AvgIpc) is 3.02. The van der Waals surface area contributed by atoms with E-state index in [2.05, 4.69) is 46.7 Å². The molecule has 2 fully saturated rings. The first kappa shape index (κ1) is 19.7. The molecule has 0 spiro atoms. The van der Waals surface area contributed by atoms with E-state index in [0.29, 0.717) is 19.4 Å². The van der Waals surface area contributed by atoms with Crippen molar-refractivity contribution in [3.05, 3.63) is 35.9 Å². The van der Waals surface area contributed by atoms with Gasteiger partial charge in [-0.15, -0.1) is 0 Å². The van der Waals surface area contributed by atoms with Gasteiger partial charge in [0.1, 0.15) is 0 Å². The van der Waals surface area contributed by atoms with Crippen molar-refractivity contribution in [1.29, 1.82) is 0 Å². The normalized spacial score (nSPS) is 28.6. The molecule has 6 nitrogen and oxygen atoms in total. The molecular weight excluding hydrogens is 342 g/mol. The molecule has 1 aromatic carbocycles. The summed E-state index contributed by atoms with van der Waals surface area (Å²) in [7, 11) is 0. The van der Waals surface area contributed by atoms with Crippen molar-refractivity contribution >= 4 is 12.0 Å². The quantitative estimate of drug-likeness (QED) is 0.716. The molecule has 1 aliphatic heterocycles. The molecular formula is C21H31N3O3. The van der Waals surface area contributed by atoms with Crippen LogP contribution < -0.4 is 10.6 Å². The second-order valence-electron chi connectivity index (χ2n) is 8.22. The van der Waals surface area contributed by atoms with E-state index in [1.54, 1.807) is 0 Å². The van der Waals surface area contributed by atoms with E-state index in [9.17, 15) is 9.59 Å². The van der Waals surface area contributed by atoms with Gasteiger partial charge in [-0.3, -0.25) is 9.69 Å². The molecule has 1 aliphatic carbocycles. The van der Waals surface area contributed by atoms with Crippen LogP contribution in [0.1, 0.15) is 51.0 Å². The lowest BCUT2D eigenvalue weighted by Crippen LogP contribution is -2.53. The lowest BCUT2D eigenvalue weighted by atomic mass is 9.86. The molecule has 3 rings (SSSR count). The number of benzene rings is 1. The summed E-state index contributed by atoms with van der Waals surface area (Å²) in [5, 5.41) is 15.1. The zero-order valence-electron chi connectivity index (χ0n) is 16.1. The highest BCUT2D eigenvalue weighted by atomic mass is 16.4. The van der Waals surface area contributed by atoms with Gasteiger partial charge >= 0.3 is 12.0 Å². The fourth-order valence-electron chi connectivity index (χ4n) is 4.34. The minimum absolute atomic E-state index is 0.0336. The van der Waals surface area contributed by atoms with Crippen LogP contribution in [-0.4, -0.2) is 46.7 Å². The Hall–Kier alpha value is -2.08. The number of aliphatic carboxylic acids is 1. The van der Waals surface area contributed by atoms with Crippen LogP contribution in [0.15, 0.2) is 30.3 Å². The molecule has 1 unspecified atom stereocenters. The number of rotatable bonds is 6. The number of hydrogen-bond acceptors (Lipinski definition) is 3. The third-order valence-electron chi connectivity index (χ3n) is 6.16. The van der Waals surface area contributed by atoms with E-state index in [1.165, 1.54) is 5.56 Å². The lowest BCUT2D eigenvalue weighted by molar-refractivity contribution is -0.142. The molecule has 27 heavy (non-hydrogen) atoms. The highest BCUT2D eigenvalue weighted by molar-refractivity contribution is 5.74. The summed E-state index contributed by atoms with van der Waals surface area (Å²) in [5.74, 6) is -0.972. The number of carbonyl (C=O) groups excluding carboxylic acids is 1. The van der Waals surface area contributed by atoms with Gasteiger partial charge < -0.3 is 15.7 Å². The predicted octanol–water partition coefficient (Wildman–Crippen LogP) is 2.98. The zero-order chi connectivity index (χ0) is 19.3. The van der Waals surface area contributed by atoms with Crippen molar-refractivity contribution in [3.8, 4) is 0 Å². The molecule has 3 N–H and O–H groups in total. The van der Waals surface area contributed by atoms with Crippen LogP contribution >= 0.6 is 0 Å². The van der Waals surface area contributed by atoms with E-state index < -0.39 is 5.97 Å². The SMILES string of the molecule is CC1(CNC(=O)NC2CCC(C(=O)O)CC2)CCCN1Cc1ccccc1. The maximum atomic E-state index is 12.3. The Balaban J connectivity index is 1.45. The number of carboxylic acid groups (broad SMARTS) is 1. The third kappa shape index (κ3) is 5.22. The topological polar surface area (TPSA) is 81.7 Å².